The van der Waals surface area contributed by atoms with Crippen LogP contribution in [0.4, 0.5) is 0 Å². The van der Waals surface area contributed by atoms with Crippen molar-refractivity contribution < 1.29 is 4.79 Å². The minimum Gasteiger partial charge on any atom is -0.303 e. The van der Waals surface area contributed by atoms with Gasteiger partial charge >= 0.3 is 0 Å². The minimum absolute atomic E-state index is 0.0310. The second-order valence-corrected chi connectivity index (χ2v) is 5.70. The molecule has 0 fully saturated rings. The third-order valence-electron chi connectivity index (χ3n) is 1.29. The normalized spacial score (nSPS) is 12.9. The van der Waals surface area contributed by atoms with Gasteiger partial charge < -0.3 is 4.79 Å². The van der Waals surface area contributed by atoms with Crippen LogP contribution < -0.4 is 0 Å². The quantitative estimate of drug-likeness (QED) is 0.468. The number of carbonyl (C=O) groups excluding carboxylic acids is 1. The van der Waals surface area contributed by atoms with Crippen LogP contribution in [0.1, 0.15) is 10.8 Å². The molecular formula is C7H6BrIOS. The fourth-order valence-electron chi connectivity index (χ4n) is 0.707. The lowest BCUT2D eigenvalue weighted by Crippen LogP contribution is -1.97. The first-order valence-corrected chi connectivity index (χ1v) is 6.06. The average Bonchev–Trinajstić information content (AvgIpc) is 2.39. The van der Waals surface area contributed by atoms with E-state index in [1.807, 2.05) is 12.1 Å². The molecule has 0 aliphatic heterocycles. The highest BCUT2D eigenvalue weighted by atomic mass is 127. The van der Waals surface area contributed by atoms with Crippen molar-refractivity contribution in [1.82, 2.24) is 0 Å². The van der Waals surface area contributed by atoms with Gasteiger partial charge in [-0.2, -0.15) is 0 Å². The average molecular weight is 345 g/mol. The van der Waals surface area contributed by atoms with E-state index in [1.165, 1.54) is 2.88 Å². The Kier molecular flexibility index (Phi) is 4.01. The molecule has 0 amide bonds. The van der Waals surface area contributed by atoms with Gasteiger partial charge in [-0.25, -0.2) is 0 Å². The maximum atomic E-state index is 10.5. The van der Waals surface area contributed by atoms with Gasteiger partial charge in [0.05, 0.1) is 8.80 Å². The SMILES string of the molecule is O=CC(CBr)c1ccc(I)s1. The van der Waals surface area contributed by atoms with Crippen molar-refractivity contribution in [2.75, 3.05) is 5.33 Å². The topological polar surface area (TPSA) is 17.1 Å². The van der Waals surface area contributed by atoms with Crippen LogP contribution in [0.25, 0.3) is 0 Å². The Bertz CT molecular complexity index is 248. The molecule has 0 radical (unpaired) electrons. The van der Waals surface area contributed by atoms with Crippen molar-refractivity contribution in [1.29, 1.82) is 0 Å². The molecule has 1 atom stereocenters. The lowest BCUT2D eigenvalue weighted by atomic mass is 10.2. The summed E-state index contributed by atoms with van der Waals surface area (Å²) >= 11 is 7.22. The number of aldehydes is 1. The Hall–Kier alpha value is 0.580. The summed E-state index contributed by atoms with van der Waals surface area (Å²) in [4.78, 5) is 11.7. The molecule has 0 saturated heterocycles. The first kappa shape index (κ1) is 9.67. The molecule has 0 N–H and O–H groups in total. The Balaban J connectivity index is 2.81. The molecule has 0 bridgehead atoms. The summed E-state index contributed by atoms with van der Waals surface area (Å²) in [5.74, 6) is 0.0310. The van der Waals surface area contributed by atoms with Gasteiger partial charge in [0, 0.05) is 10.2 Å². The Morgan fingerprint density at radius 3 is 2.82 bits per heavy atom. The van der Waals surface area contributed by atoms with Crippen LogP contribution in [0, 0.1) is 2.88 Å². The third kappa shape index (κ3) is 2.52. The van der Waals surface area contributed by atoms with Crippen LogP contribution >= 0.6 is 49.9 Å². The van der Waals surface area contributed by atoms with Crippen molar-refractivity contribution in [2.24, 2.45) is 0 Å². The van der Waals surface area contributed by atoms with Crippen molar-refractivity contribution in [3.63, 3.8) is 0 Å². The van der Waals surface area contributed by atoms with Gasteiger partial charge in [0.1, 0.15) is 6.29 Å². The maximum Gasteiger partial charge on any atom is 0.129 e. The number of hydrogen-bond donors (Lipinski definition) is 0. The molecule has 1 heterocycles. The predicted octanol–water partition coefficient (Wildman–Crippen LogP) is 3.03. The third-order valence-corrected chi connectivity index (χ3v) is 4.01. The molecule has 60 valence electrons. The zero-order valence-electron chi connectivity index (χ0n) is 5.59. The van der Waals surface area contributed by atoms with Gasteiger partial charge in [-0.15, -0.1) is 11.3 Å². The van der Waals surface area contributed by atoms with Crippen molar-refractivity contribution in [2.45, 2.75) is 5.92 Å². The van der Waals surface area contributed by atoms with Gasteiger partial charge in [0.15, 0.2) is 0 Å². The van der Waals surface area contributed by atoms with Crippen molar-refractivity contribution >= 4 is 56.1 Å². The van der Waals surface area contributed by atoms with E-state index in [0.717, 1.165) is 11.2 Å². The van der Waals surface area contributed by atoms with Gasteiger partial charge in [-0.05, 0) is 34.7 Å². The van der Waals surface area contributed by atoms with Gasteiger partial charge in [-0.3, -0.25) is 0 Å². The van der Waals surface area contributed by atoms with E-state index in [0.29, 0.717) is 5.33 Å². The first-order valence-electron chi connectivity index (χ1n) is 3.04. The van der Waals surface area contributed by atoms with Crippen LogP contribution in [-0.2, 0) is 4.79 Å². The molecule has 1 nitrogen and oxygen atoms in total. The number of halogens is 2. The van der Waals surface area contributed by atoms with Gasteiger partial charge in [0.25, 0.3) is 0 Å². The molecule has 1 aromatic heterocycles. The Labute approximate surface area is 91.5 Å². The molecule has 1 aromatic rings. The molecule has 0 aromatic carbocycles. The van der Waals surface area contributed by atoms with E-state index in [4.69, 9.17) is 0 Å². The number of hydrogen-bond acceptors (Lipinski definition) is 2. The number of carbonyl (C=O) groups is 1. The molecule has 11 heavy (non-hydrogen) atoms. The molecule has 1 unspecified atom stereocenters. The lowest BCUT2D eigenvalue weighted by Gasteiger charge is -1.99. The first-order chi connectivity index (χ1) is 5.27. The van der Waals surface area contributed by atoms with Crippen LogP contribution in [0.2, 0.25) is 0 Å². The number of rotatable bonds is 3. The Morgan fingerprint density at radius 1 is 1.73 bits per heavy atom. The number of thiophene rings is 1. The molecule has 4 heteroatoms. The van der Waals surface area contributed by atoms with Crippen LogP contribution in [0.3, 0.4) is 0 Å². The monoisotopic (exact) mass is 344 g/mol. The van der Waals surface area contributed by atoms with Gasteiger partial charge in [0.2, 0.25) is 0 Å². The molecule has 0 aliphatic rings. The maximum absolute atomic E-state index is 10.5. The standard InChI is InChI=1S/C7H6BrIOS/c8-3-5(4-10)6-1-2-7(9)11-6/h1-2,4-5H,3H2. The fourth-order valence-corrected chi connectivity index (χ4v) is 3.15. The second-order valence-electron chi connectivity index (χ2n) is 2.04. The summed E-state index contributed by atoms with van der Waals surface area (Å²) in [6.07, 6.45) is 0.983. The summed E-state index contributed by atoms with van der Waals surface area (Å²) in [6.45, 7) is 0. The highest BCUT2D eigenvalue weighted by molar-refractivity contribution is 14.1. The predicted molar refractivity (Wildman–Crippen MR) is 59.6 cm³/mol. The minimum atomic E-state index is 0.0310. The summed E-state index contributed by atoms with van der Waals surface area (Å²) in [5.41, 5.74) is 0. The van der Waals surface area contributed by atoms with Crippen molar-refractivity contribution in [3.05, 3.63) is 19.9 Å². The van der Waals surface area contributed by atoms with Crippen molar-refractivity contribution in [3.8, 4) is 0 Å². The molecule has 0 aliphatic carbocycles. The highest BCUT2D eigenvalue weighted by Crippen LogP contribution is 2.25. The highest BCUT2D eigenvalue weighted by Gasteiger charge is 2.10. The Morgan fingerprint density at radius 2 is 2.45 bits per heavy atom. The summed E-state index contributed by atoms with van der Waals surface area (Å²) in [5, 5.41) is 0.715. The van der Waals surface area contributed by atoms with Gasteiger partial charge in [-0.1, -0.05) is 15.9 Å². The van der Waals surface area contributed by atoms with E-state index < -0.39 is 0 Å². The van der Waals surface area contributed by atoms with E-state index in [1.54, 1.807) is 11.3 Å². The zero-order valence-corrected chi connectivity index (χ0v) is 10.1. The smallest absolute Gasteiger partial charge is 0.129 e. The molecule has 0 spiro atoms. The molecule has 1 rings (SSSR count). The van der Waals surface area contributed by atoms with Crippen LogP contribution in [0.15, 0.2) is 12.1 Å². The van der Waals surface area contributed by atoms with E-state index in [-0.39, 0.29) is 5.92 Å². The fraction of sp³-hybridized carbons (Fsp3) is 0.286. The van der Waals surface area contributed by atoms with Crippen LogP contribution in [0.5, 0.6) is 0 Å². The summed E-state index contributed by atoms with van der Waals surface area (Å²) in [6, 6.07) is 4.03. The second kappa shape index (κ2) is 4.57. The van der Waals surface area contributed by atoms with Crippen LogP contribution in [-0.4, -0.2) is 11.6 Å². The zero-order chi connectivity index (χ0) is 8.27. The lowest BCUT2D eigenvalue weighted by molar-refractivity contribution is -0.108. The molecular weight excluding hydrogens is 339 g/mol. The molecule has 0 saturated carbocycles. The summed E-state index contributed by atoms with van der Waals surface area (Å²) < 4.78 is 1.23. The van der Waals surface area contributed by atoms with E-state index in [9.17, 15) is 4.79 Å². The van der Waals surface area contributed by atoms with E-state index in [2.05, 4.69) is 38.5 Å². The van der Waals surface area contributed by atoms with E-state index >= 15 is 0 Å². The largest absolute Gasteiger partial charge is 0.303 e. The number of alkyl halides is 1. The summed E-state index contributed by atoms with van der Waals surface area (Å²) in [7, 11) is 0.